The maximum absolute atomic E-state index is 11.5. The van der Waals surface area contributed by atoms with Crippen molar-refractivity contribution in [1.29, 1.82) is 0 Å². The van der Waals surface area contributed by atoms with Crippen LogP contribution in [-0.4, -0.2) is 16.3 Å². The Morgan fingerprint density at radius 2 is 1.64 bits per heavy atom. The van der Waals surface area contributed by atoms with Gasteiger partial charge in [0.2, 0.25) is 0 Å². The lowest BCUT2D eigenvalue weighted by atomic mass is 10.0. The lowest BCUT2D eigenvalue weighted by Gasteiger charge is -2.13. The van der Waals surface area contributed by atoms with Crippen molar-refractivity contribution in [2.45, 2.75) is 43.3 Å². The summed E-state index contributed by atoms with van der Waals surface area (Å²) in [6.07, 6.45) is 0.534. The molecule has 1 atom stereocenters. The molecule has 2 nitrogen and oxygen atoms in total. The van der Waals surface area contributed by atoms with E-state index >= 15 is 0 Å². The van der Waals surface area contributed by atoms with Gasteiger partial charge < -0.3 is 5.11 Å². The fourth-order valence-electron chi connectivity index (χ4n) is 2.21. The molecule has 0 fully saturated rings. The molecule has 1 N–H and O–H groups in total. The standard InChI is InChI=1S/C19H22O2S/c1-13(2)16-8-6-15(7-9-16)12-18(19(20)21)22-17-10-4-14(3)5-11-17/h4-11,13,18H,12H2,1-3H3,(H,20,21). The zero-order chi connectivity index (χ0) is 16.1. The van der Waals surface area contributed by atoms with Crippen molar-refractivity contribution >= 4 is 17.7 Å². The summed E-state index contributed by atoms with van der Waals surface area (Å²) in [5.74, 6) is -0.273. The second-order valence-corrected chi connectivity index (χ2v) is 7.13. The Labute approximate surface area is 136 Å². The summed E-state index contributed by atoms with van der Waals surface area (Å²) in [5, 5.41) is 9.01. The van der Waals surface area contributed by atoms with Gasteiger partial charge in [-0.3, -0.25) is 4.79 Å². The number of aliphatic carboxylic acids is 1. The number of aryl methyl sites for hydroxylation is 1. The molecule has 0 radical (unpaired) electrons. The van der Waals surface area contributed by atoms with Crippen LogP contribution >= 0.6 is 11.8 Å². The average Bonchev–Trinajstić information content (AvgIpc) is 2.49. The van der Waals surface area contributed by atoms with Crippen LogP contribution in [0.15, 0.2) is 53.4 Å². The van der Waals surface area contributed by atoms with Crippen LogP contribution in [0.1, 0.15) is 36.5 Å². The summed E-state index contributed by atoms with van der Waals surface area (Å²) in [6, 6.07) is 16.3. The normalized spacial score (nSPS) is 12.4. The summed E-state index contributed by atoms with van der Waals surface area (Å²) in [7, 11) is 0. The molecule has 1 unspecified atom stereocenters. The van der Waals surface area contributed by atoms with Gasteiger partial charge in [0.15, 0.2) is 0 Å². The molecule has 2 rings (SSSR count). The van der Waals surface area contributed by atoms with E-state index in [0.717, 1.165) is 10.5 Å². The monoisotopic (exact) mass is 314 g/mol. The summed E-state index contributed by atoms with van der Waals surface area (Å²) >= 11 is 1.41. The molecule has 2 aromatic carbocycles. The topological polar surface area (TPSA) is 37.3 Å². The molecule has 0 aliphatic rings. The number of hydrogen-bond acceptors (Lipinski definition) is 2. The molecule has 0 aliphatic heterocycles. The quantitative estimate of drug-likeness (QED) is 0.770. The van der Waals surface area contributed by atoms with E-state index in [1.165, 1.54) is 22.9 Å². The minimum atomic E-state index is -0.765. The Morgan fingerprint density at radius 1 is 1.05 bits per heavy atom. The fourth-order valence-corrected chi connectivity index (χ4v) is 3.21. The third kappa shape index (κ3) is 4.63. The van der Waals surface area contributed by atoms with Crippen molar-refractivity contribution in [3.8, 4) is 0 Å². The third-order valence-corrected chi connectivity index (χ3v) is 4.84. The highest BCUT2D eigenvalue weighted by atomic mass is 32.2. The highest BCUT2D eigenvalue weighted by molar-refractivity contribution is 8.00. The molecule has 2 aromatic rings. The molecule has 0 amide bonds. The highest BCUT2D eigenvalue weighted by Crippen LogP contribution is 2.27. The first-order valence-corrected chi connectivity index (χ1v) is 8.38. The van der Waals surface area contributed by atoms with Crippen LogP contribution in [-0.2, 0) is 11.2 Å². The van der Waals surface area contributed by atoms with Gasteiger partial charge in [0.25, 0.3) is 0 Å². The van der Waals surface area contributed by atoms with Gasteiger partial charge in [-0.2, -0.15) is 0 Å². The first-order chi connectivity index (χ1) is 10.5. The third-order valence-electron chi connectivity index (χ3n) is 3.64. The van der Waals surface area contributed by atoms with E-state index in [2.05, 4.69) is 26.0 Å². The minimum Gasteiger partial charge on any atom is -0.480 e. The van der Waals surface area contributed by atoms with E-state index in [1.54, 1.807) is 0 Å². The van der Waals surface area contributed by atoms with Gasteiger partial charge >= 0.3 is 5.97 Å². The van der Waals surface area contributed by atoms with Crippen LogP contribution in [0.25, 0.3) is 0 Å². The number of benzene rings is 2. The van der Waals surface area contributed by atoms with Crippen LogP contribution in [0.2, 0.25) is 0 Å². The van der Waals surface area contributed by atoms with Crippen molar-refractivity contribution in [1.82, 2.24) is 0 Å². The van der Waals surface area contributed by atoms with Gasteiger partial charge in [-0.15, -0.1) is 11.8 Å². The van der Waals surface area contributed by atoms with E-state index in [-0.39, 0.29) is 0 Å². The predicted molar refractivity (Wildman–Crippen MR) is 92.7 cm³/mol. The molecule has 0 spiro atoms. The van der Waals surface area contributed by atoms with Crippen molar-refractivity contribution in [3.05, 3.63) is 65.2 Å². The van der Waals surface area contributed by atoms with Crippen LogP contribution in [0.3, 0.4) is 0 Å². The minimum absolute atomic E-state index is 0.465. The van der Waals surface area contributed by atoms with E-state index in [9.17, 15) is 9.90 Å². The van der Waals surface area contributed by atoms with Crippen molar-refractivity contribution < 1.29 is 9.90 Å². The van der Waals surface area contributed by atoms with Crippen molar-refractivity contribution in [2.24, 2.45) is 0 Å². The fraction of sp³-hybridized carbons (Fsp3) is 0.316. The molecule has 22 heavy (non-hydrogen) atoms. The Balaban J connectivity index is 2.08. The molecule has 0 saturated heterocycles. The van der Waals surface area contributed by atoms with E-state index in [0.29, 0.717) is 12.3 Å². The predicted octanol–water partition coefficient (Wildman–Crippen LogP) is 4.91. The number of carbonyl (C=O) groups is 1. The summed E-state index contributed by atoms with van der Waals surface area (Å²) < 4.78 is 0. The van der Waals surface area contributed by atoms with Crippen LogP contribution < -0.4 is 0 Å². The molecule has 0 bridgehead atoms. The van der Waals surface area contributed by atoms with E-state index in [4.69, 9.17) is 0 Å². The molecule has 0 saturated carbocycles. The highest BCUT2D eigenvalue weighted by Gasteiger charge is 2.19. The van der Waals surface area contributed by atoms with Gasteiger partial charge in [0.05, 0.1) is 0 Å². The van der Waals surface area contributed by atoms with Gasteiger partial charge in [0.1, 0.15) is 5.25 Å². The van der Waals surface area contributed by atoms with Crippen molar-refractivity contribution in [3.63, 3.8) is 0 Å². The summed E-state index contributed by atoms with van der Waals surface area (Å²) in [5.41, 5.74) is 3.53. The summed E-state index contributed by atoms with van der Waals surface area (Å²) in [6.45, 7) is 6.34. The molecule has 3 heteroatoms. The Kier molecular flexibility index (Phi) is 5.67. The molecule has 0 heterocycles. The number of carboxylic acid groups (broad SMARTS) is 1. The van der Waals surface area contributed by atoms with E-state index < -0.39 is 11.2 Å². The van der Waals surface area contributed by atoms with Gasteiger partial charge in [-0.1, -0.05) is 55.8 Å². The average molecular weight is 314 g/mol. The Bertz CT molecular complexity index is 615. The SMILES string of the molecule is Cc1ccc(SC(Cc2ccc(C(C)C)cc2)C(=O)O)cc1. The van der Waals surface area contributed by atoms with Crippen LogP contribution in [0.5, 0.6) is 0 Å². The number of hydrogen-bond donors (Lipinski definition) is 1. The molecule has 0 aromatic heterocycles. The van der Waals surface area contributed by atoms with Gasteiger partial charge in [-0.05, 0) is 42.5 Å². The smallest absolute Gasteiger partial charge is 0.317 e. The van der Waals surface area contributed by atoms with Gasteiger partial charge in [0, 0.05) is 4.90 Å². The number of rotatable bonds is 6. The molecular formula is C19H22O2S. The Hall–Kier alpha value is -1.74. The maximum atomic E-state index is 11.5. The number of thioether (sulfide) groups is 1. The largest absolute Gasteiger partial charge is 0.480 e. The zero-order valence-corrected chi connectivity index (χ0v) is 14.1. The second kappa shape index (κ2) is 7.50. The van der Waals surface area contributed by atoms with Gasteiger partial charge in [-0.25, -0.2) is 0 Å². The molecule has 0 aliphatic carbocycles. The van der Waals surface area contributed by atoms with Crippen LogP contribution in [0.4, 0.5) is 0 Å². The second-order valence-electron chi connectivity index (χ2n) is 5.86. The van der Waals surface area contributed by atoms with Crippen molar-refractivity contribution in [2.75, 3.05) is 0 Å². The summed E-state index contributed by atoms with van der Waals surface area (Å²) in [4.78, 5) is 12.5. The first-order valence-electron chi connectivity index (χ1n) is 7.50. The molecular weight excluding hydrogens is 292 g/mol. The zero-order valence-electron chi connectivity index (χ0n) is 13.2. The Morgan fingerprint density at radius 3 is 2.14 bits per heavy atom. The first kappa shape index (κ1) is 16.6. The lowest BCUT2D eigenvalue weighted by Crippen LogP contribution is -2.19. The maximum Gasteiger partial charge on any atom is 0.317 e. The molecule has 116 valence electrons. The lowest BCUT2D eigenvalue weighted by molar-refractivity contribution is -0.136. The van der Waals surface area contributed by atoms with E-state index in [1.807, 2.05) is 43.3 Å². The number of carboxylic acids is 1. The van der Waals surface area contributed by atoms with Crippen LogP contribution in [0, 0.1) is 6.92 Å².